The van der Waals surface area contributed by atoms with Gasteiger partial charge in [-0.25, -0.2) is 4.98 Å². The molecule has 1 unspecified atom stereocenters. The molecule has 0 spiro atoms. The lowest BCUT2D eigenvalue weighted by Crippen LogP contribution is -2.44. The largest absolute Gasteiger partial charge is 0.379 e. The quantitative estimate of drug-likeness (QED) is 0.375. The third kappa shape index (κ3) is 5.39. The molecule has 2 aliphatic rings. The standard InChI is InChI=1S/C32H38N6O3/c1-20-13-22(3)35-32(40)27(20)17-34-31(39)26-14-24(15-28-30(26)21(2)18-38(28)25-7-12-41-19-25)23-5-6-29(33-16-23)37-10-8-36(4)9-11-37/h5-6,13-16,18,25H,7-12,17,19H2,1-4H3,(H,34,39)(H,35,40). The first kappa shape index (κ1) is 27.2. The van der Waals surface area contributed by atoms with Crippen molar-refractivity contribution < 1.29 is 9.53 Å². The van der Waals surface area contributed by atoms with Crippen LogP contribution in [0.5, 0.6) is 0 Å². The maximum atomic E-state index is 13.8. The topological polar surface area (TPSA) is 95.5 Å². The Kier molecular flexibility index (Phi) is 7.40. The van der Waals surface area contributed by atoms with Gasteiger partial charge in [0.25, 0.3) is 11.5 Å². The molecule has 1 aromatic carbocycles. The van der Waals surface area contributed by atoms with Crippen molar-refractivity contribution in [2.75, 3.05) is 51.3 Å². The highest BCUT2D eigenvalue weighted by Crippen LogP contribution is 2.35. The van der Waals surface area contributed by atoms with Crippen LogP contribution in [0, 0.1) is 20.8 Å². The minimum Gasteiger partial charge on any atom is -0.379 e. The van der Waals surface area contributed by atoms with Crippen LogP contribution in [0.3, 0.4) is 0 Å². The second-order valence-electron chi connectivity index (χ2n) is 11.5. The number of aromatic nitrogens is 3. The zero-order chi connectivity index (χ0) is 28.7. The van der Waals surface area contributed by atoms with Gasteiger partial charge in [0, 0.05) is 79.5 Å². The third-order valence-corrected chi connectivity index (χ3v) is 8.49. The fourth-order valence-corrected chi connectivity index (χ4v) is 6.12. The van der Waals surface area contributed by atoms with Gasteiger partial charge in [-0.05, 0) is 81.3 Å². The molecular formula is C32H38N6O3. The van der Waals surface area contributed by atoms with Gasteiger partial charge in [-0.1, -0.05) is 0 Å². The molecule has 5 heterocycles. The maximum absolute atomic E-state index is 13.8. The number of ether oxygens (including phenoxy) is 1. The van der Waals surface area contributed by atoms with Gasteiger partial charge in [-0.2, -0.15) is 0 Å². The molecule has 1 amide bonds. The second-order valence-corrected chi connectivity index (χ2v) is 11.5. The summed E-state index contributed by atoms with van der Waals surface area (Å²) in [5, 5.41) is 3.96. The first-order chi connectivity index (χ1) is 19.8. The van der Waals surface area contributed by atoms with Crippen molar-refractivity contribution in [3.63, 3.8) is 0 Å². The van der Waals surface area contributed by atoms with E-state index in [9.17, 15) is 9.59 Å². The number of carbonyl (C=O) groups is 1. The van der Waals surface area contributed by atoms with Crippen LogP contribution in [0.25, 0.3) is 22.0 Å². The van der Waals surface area contributed by atoms with Crippen LogP contribution in [0.15, 0.2) is 47.5 Å². The Labute approximate surface area is 240 Å². The Balaban J connectivity index is 1.37. The molecular weight excluding hydrogens is 516 g/mol. The maximum Gasteiger partial charge on any atom is 0.253 e. The number of amides is 1. The number of carbonyl (C=O) groups excluding carboxylic acids is 1. The van der Waals surface area contributed by atoms with Crippen LogP contribution in [-0.4, -0.2) is 71.8 Å². The average Bonchev–Trinajstić information content (AvgIpc) is 3.60. The molecule has 2 saturated heterocycles. The number of rotatable bonds is 6. The normalized spacial score (nSPS) is 17.9. The molecule has 4 aromatic rings. The number of pyridine rings is 2. The van der Waals surface area contributed by atoms with Crippen LogP contribution in [0.1, 0.15) is 45.2 Å². The Morgan fingerprint density at radius 2 is 1.88 bits per heavy atom. The van der Waals surface area contributed by atoms with Crippen molar-refractivity contribution in [1.29, 1.82) is 0 Å². The number of benzene rings is 1. The number of aryl methyl sites for hydroxylation is 3. The molecule has 9 nitrogen and oxygen atoms in total. The second kappa shape index (κ2) is 11.1. The fraction of sp³-hybridized carbons (Fsp3) is 0.406. The van der Waals surface area contributed by atoms with Gasteiger partial charge in [-0.15, -0.1) is 0 Å². The fourth-order valence-electron chi connectivity index (χ4n) is 6.12. The van der Waals surface area contributed by atoms with E-state index in [-0.39, 0.29) is 24.1 Å². The number of likely N-dealkylation sites (N-methyl/N-ethyl adjacent to an activating group) is 1. The van der Waals surface area contributed by atoms with Crippen molar-refractivity contribution in [3.05, 3.63) is 81.0 Å². The molecule has 41 heavy (non-hydrogen) atoms. The molecule has 3 aromatic heterocycles. The Morgan fingerprint density at radius 3 is 2.56 bits per heavy atom. The summed E-state index contributed by atoms with van der Waals surface area (Å²) in [4.78, 5) is 38.7. The molecule has 0 bridgehead atoms. The van der Waals surface area contributed by atoms with E-state index < -0.39 is 0 Å². The number of fused-ring (bicyclic) bond motifs is 1. The predicted molar refractivity (Wildman–Crippen MR) is 162 cm³/mol. The van der Waals surface area contributed by atoms with Crippen molar-refractivity contribution in [2.24, 2.45) is 0 Å². The van der Waals surface area contributed by atoms with Gasteiger partial charge in [0.1, 0.15) is 5.82 Å². The minimum atomic E-state index is -0.207. The summed E-state index contributed by atoms with van der Waals surface area (Å²) >= 11 is 0. The molecule has 0 saturated carbocycles. The summed E-state index contributed by atoms with van der Waals surface area (Å²) in [6.07, 6.45) is 4.98. The van der Waals surface area contributed by atoms with E-state index in [2.05, 4.69) is 56.1 Å². The smallest absolute Gasteiger partial charge is 0.253 e. The molecule has 2 fully saturated rings. The monoisotopic (exact) mass is 554 g/mol. The van der Waals surface area contributed by atoms with Gasteiger partial charge in [0.2, 0.25) is 0 Å². The van der Waals surface area contributed by atoms with E-state index in [1.54, 1.807) is 0 Å². The van der Waals surface area contributed by atoms with Gasteiger partial charge < -0.3 is 29.4 Å². The zero-order valence-corrected chi connectivity index (χ0v) is 24.3. The lowest BCUT2D eigenvalue weighted by Gasteiger charge is -2.33. The molecule has 6 rings (SSSR count). The van der Waals surface area contributed by atoms with Gasteiger partial charge >= 0.3 is 0 Å². The van der Waals surface area contributed by atoms with Crippen molar-refractivity contribution in [1.82, 2.24) is 24.8 Å². The number of nitrogens with one attached hydrogen (secondary N) is 2. The molecule has 214 valence electrons. The number of aromatic amines is 1. The van der Waals surface area contributed by atoms with Gasteiger partial charge in [0.15, 0.2) is 0 Å². The van der Waals surface area contributed by atoms with E-state index in [0.29, 0.717) is 17.7 Å². The van der Waals surface area contributed by atoms with E-state index in [0.717, 1.165) is 83.9 Å². The number of hydrogen-bond acceptors (Lipinski definition) is 6. The molecule has 0 aliphatic carbocycles. The van der Waals surface area contributed by atoms with Crippen LogP contribution in [0.4, 0.5) is 5.82 Å². The number of anilines is 1. The number of hydrogen-bond donors (Lipinski definition) is 2. The predicted octanol–water partition coefficient (Wildman–Crippen LogP) is 3.96. The molecule has 2 N–H and O–H groups in total. The summed E-state index contributed by atoms with van der Waals surface area (Å²) in [5.41, 5.74) is 6.59. The molecule has 0 radical (unpaired) electrons. The van der Waals surface area contributed by atoms with Gasteiger partial charge in [0.05, 0.1) is 18.2 Å². The Morgan fingerprint density at radius 1 is 1.07 bits per heavy atom. The Hall–Kier alpha value is -3.95. The number of H-pyrrole nitrogens is 1. The first-order valence-corrected chi connectivity index (χ1v) is 14.4. The van der Waals surface area contributed by atoms with Crippen molar-refractivity contribution in [3.8, 4) is 11.1 Å². The summed E-state index contributed by atoms with van der Waals surface area (Å²) in [7, 11) is 2.15. The van der Waals surface area contributed by atoms with Crippen LogP contribution >= 0.6 is 0 Å². The number of piperazine rings is 1. The average molecular weight is 555 g/mol. The summed E-state index contributed by atoms with van der Waals surface area (Å²) in [6, 6.07) is 10.4. The first-order valence-electron chi connectivity index (χ1n) is 14.4. The van der Waals surface area contributed by atoms with E-state index >= 15 is 0 Å². The van der Waals surface area contributed by atoms with E-state index in [4.69, 9.17) is 9.72 Å². The molecule has 1 atom stereocenters. The molecule has 2 aliphatic heterocycles. The highest BCUT2D eigenvalue weighted by Gasteiger charge is 2.24. The third-order valence-electron chi connectivity index (χ3n) is 8.49. The minimum absolute atomic E-state index is 0.156. The lowest BCUT2D eigenvalue weighted by atomic mass is 9.98. The SMILES string of the molecule is Cc1cc(C)c(CNC(=O)c2cc(-c3ccc(N4CCN(C)CC4)nc3)cc3c2c(C)cn3C2CCOC2)c(=O)[nH]1. The highest BCUT2D eigenvalue weighted by molar-refractivity contribution is 6.09. The summed E-state index contributed by atoms with van der Waals surface area (Å²) in [5.74, 6) is 0.767. The summed E-state index contributed by atoms with van der Waals surface area (Å²) < 4.78 is 7.97. The number of nitrogens with zero attached hydrogens (tertiary/aromatic N) is 4. The van der Waals surface area contributed by atoms with Crippen LogP contribution in [-0.2, 0) is 11.3 Å². The zero-order valence-electron chi connectivity index (χ0n) is 24.3. The van der Waals surface area contributed by atoms with Crippen LogP contribution in [0.2, 0.25) is 0 Å². The molecule has 9 heteroatoms. The lowest BCUT2D eigenvalue weighted by molar-refractivity contribution is 0.0952. The Bertz CT molecular complexity index is 1640. The van der Waals surface area contributed by atoms with Gasteiger partial charge in [-0.3, -0.25) is 9.59 Å². The van der Waals surface area contributed by atoms with E-state index in [1.165, 1.54) is 0 Å². The van der Waals surface area contributed by atoms with Crippen molar-refractivity contribution in [2.45, 2.75) is 39.8 Å². The summed E-state index contributed by atoms with van der Waals surface area (Å²) in [6.45, 7) is 11.3. The van der Waals surface area contributed by atoms with Crippen molar-refractivity contribution >= 4 is 22.6 Å². The van der Waals surface area contributed by atoms with E-state index in [1.807, 2.05) is 39.1 Å². The highest BCUT2D eigenvalue weighted by atomic mass is 16.5. The van der Waals surface area contributed by atoms with Crippen LogP contribution < -0.4 is 15.8 Å².